The lowest BCUT2D eigenvalue weighted by molar-refractivity contribution is -0.145. The van der Waals surface area contributed by atoms with E-state index in [9.17, 15) is 4.79 Å². The van der Waals surface area contributed by atoms with E-state index in [4.69, 9.17) is 10.5 Å². The maximum absolute atomic E-state index is 11.7. The molecule has 18 heavy (non-hydrogen) atoms. The van der Waals surface area contributed by atoms with Gasteiger partial charge in [-0.1, -0.05) is 12.8 Å². The lowest BCUT2D eigenvalue weighted by Gasteiger charge is -2.10. The highest BCUT2D eigenvalue weighted by Gasteiger charge is 2.18. The van der Waals surface area contributed by atoms with Gasteiger partial charge in [0, 0.05) is 0 Å². The summed E-state index contributed by atoms with van der Waals surface area (Å²) in [4.78, 5) is 11.7. The molecule has 5 heteroatoms. The summed E-state index contributed by atoms with van der Waals surface area (Å²) < 4.78 is 6.91. The summed E-state index contributed by atoms with van der Waals surface area (Å²) >= 11 is 0. The number of esters is 1. The number of nitrogens with two attached hydrogens (primary N) is 1. The first-order chi connectivity index (χ1) is 8.58. The lowest BCUT2D eigenvalue weighted by Crippen LogP contribution is -2.18. The molecule has 2 N–H and O–H groups in total. The number of carbonyl (C=O) groups excluding carboxylic acids is 1. The number of aryl methyl sites for hydroxylation is 1. The van der Waals surface area contributed by atoms with Gasteiger partial charge < -0.3 is 10.5 Å². The Morgan fingerprint density at radius 3 is 2.67 bits per heavy atom. The molecule has 2 rings (SSSR count). The third-order valence-electron chi connectivity index (χ3n) is 3.67. The van der Waals surface area contributed by atoms with Crippen molar-refractivity contribution in [3.8, 4) is 0 Å². The lowest BCUT2D eigenvalue weighted by atomic mass is 10.1. The number of rotatable bonds is 4. The third-order valence-corrected chi connectivity index (χ3v) is 3.67. The Labute approximate surface area is 107 Å². The van der Waals surface area contributed by atoms with Crippen LogP contribution in [-0.2, 0) is 16.1 Å². The van der Waals surface area contributed by atoms with Crippen LogP contribution in [0.3, 0.4) is 0 Å². The Kier molecular flexibility index (Phi) is 3.89. The largest absolute Gasteiger partial charge is 0.464 e. The smallest absolute Gasteiger partial charge is 0.327 e. The first kappa shape index (κ1) is 12.9. The van der Waals surface area contributed by atoms with Crippen LogP contribution in [0.1, 0.15) is 37.1 Å². The number of hydrogen-bond donors (Lipinski definition) is 1. The highest BCUT2D eigenvalue weighted by atomic mass is 16.5. The maximum atomic E-state index is 11.7. The van der Waals surface area contributed by atoms with Crippen LogP contribution >= 0.6 is 0 Å². The van der Waals surface area contributed by atoms with Crippen LogP contribution < -0.4 is 5.73 Å². The molecule has 0 saturated heterocycles. The second-order valence-corrected chi connectivity index (χ2v) is 5.08. The molecule has 1 aliphatic carbocycles. The minimum absolute atomic E-state index is 0.149. The molecule has 1 fully saturated rings. The zero-order valence-electron chi connectivity index (χ0n) is 11.1. The van der Waals surface area contributed by atoms with Gasteiger partial charge in [-0.3, -0.25) is 9.48 Å². The molecule has 1 saturated carbocycles. The van der Waals surface area contributed by atoms with Gasteiger partial charge in [0.25, 0.3) is 0 Å². The van der Waals surface area contributed by atoms with Gasteiger partial charge in [0.1, 0.15) is 6.54 Å². The average Bonchev–Trinajstić information content (AvgIpc) is 2.93. The van der Waals surface area contributed by atoms with Crippen molar-refractivity contribution in [3.63, 3.8) is 0 Å². The Hall–Kier alpha value is -1.52. The highest BCUT2D eigenvalue weighted by molar-refractivity contribution is 5.69. The number of carbonyl (C=O) groups is 1. The van der Waals surface area contributed by atoms with Crippen molar-refractivity contribution in [3.05, 3.63) is 11.4 Å². The topological polar surface area (TPSA) is 70.1 Å². The van der Waals surface area contributed by atoms with Crippen LogP contribution in [0.4, 0.5) is 5.69 Å². The fraction of sp³-hybridized carbons (Fsp3) is 0.692. The molecule has 5 nitrogen and oxygen atoms in total. The zero-order valence-corrected chi connectivity index (χ0v) is 11.1. The number of anilines is 1. The number of hydrogen-bond acceptors (Lipinski definition) is 4. The molecule has 0 unspecified atom stereocenters. The van der Waals surface area contributed by atoms with E-state index in [1.807, 2.05) is 13.8 Å². The molecule has 0 spiro atoms. The number of ether oxygens (including phenoxy) is 1. The maximum Gasteiger partial charge on any atom is 0.327 e. The van der Waals surface area contributed by atoms with Crippen molar-refractivity contribution in [2.24, 2.45) is 5.92 Å². The van der Waals surface area contributed by atoms with Crippen molar-refractivity contribution in [2.45, 2.75) is 46.1 Å². The third kappa shape index (κ3) is 2.83. The summed E-state index contributed by atoms with van der Waals surface area (Å²) in [5, 5.41) is 4.22. The molecule has 0 aliphatic heterocycles. The van der Waals surface area contributed by atoms with Crippen LogP contribution in [0.5, 0.6) is 0 Å². The molecule has 0 bridgehead atoms. The Morgan fingerprint density at radius 1 is 1.44 bits per heavy atom. The first-order valence-corrected chi connectivity index (χ1v) is 6.53. The Bertz CT molecular complexity index is 434. The molecule has 0 amide bonds. The predicted molar refractivity (Wildman–Crippen MR) is 69.0 cm³/mol. The summed E-state index contributed by atoms with van der Waals surface area (Å²) in [5.41, 5.74) is 8.05. The minimum Gasteiger partial charge on any atom is -0.464 e. The molecule has 1 aromatic heterocycles. The predicted octanol–water partition coefficient (Wildman–Crippen LogP) is 1.82. The minimum atomic E-state index is -0.229. The molecule has 0 aromatic carbocycles. The van der Waals surface area contributed by atoms with E-state index in [1.165, 1.54) is 25.7 Å². The normalized spacial score (nSPS) is 16.1. The molecule has 0 radical (unpaired) electrons. The fourth-order valence-electron chi connectivity index (χ4n) is 2.42. The van der Waals surface area contributed by atoms with Gasteiger partial charge >= 0.3 is 5.97 Å². The second kappa shape index (κ2) is 5.42. The zero-order chi connectivity index (χ0) is 13.1. The van der Waals surface area contributed by atoms with Crippen LogP contribution in [0, 0.1) is 19.8 Å². The van der Waals surface area contributed by atoms with E-state index >= 15 is 0 Å². The van der Waals surface area contributed by atoms with Crippen molar-refractivity contribution >= 4 is 11.7 Å². The van der Waals surface area contributed by atoms with E-state index in [1.54, 1.807) is 4.68 Å². The van der Waals surface area contributed by atoms with Crippen LogP contribution in [0.2, 0.25) is 0 Å². The van der Waals surface area contributed by atoms with E-state index < -0.39 is 0 Å². The van der Waals surface area contributed by atoms with Crippen molar-refractivity contribution in [2.75, 3.05) is 12.3 Å². The summed E-state index contributed by atoms with van der Waals surface area (Å²) in [7, 11) is 0. The molecule has 0 atom stereocenters. The van der Waals surface area contributed by atoms with Gasteiger partial charge in [0.05, 0.1) is 23.7 Å². The summed E-state index contributed by atoms with van der Waals surface area (Å²) in [6.07, 6.45) is 4.88. The Morgan fingerprint density at radius 2 is 2.11 bits per heavy atom. The van der Waals surface area contributed by atoms with Crippen molar-refractivity contribution in [1.29, 1.82) is 0 Å². The van der Waals surface area contributed by atoms with Gasteiger partial charge in [-0.25, -0.2) is 0 Å². The Balaban J connectivity index is 1.84. The SMILES string of the molecule is Cc1nn(CC(=O)OCC2CCCC2)c(C)c1N. The molecular formula is C13H21N3O2. The highest BCUT2D eigenvalue weighted by Crippen LogP contribution is 2.24. The van der Waals surface area contributed by atoms with Crippen LogP contribution in [-0.4, -0.2) is 22.4 Å². The van der Waals surface area contributed by atoms with Crippen LogP contribution in [0.15, 0.2) is 0 Å². The second-order valence-electron chi connectivity index (χ2n) is 5.08. The van der Waals surface area contributed by atoms with Gasteiger partial charge in [-0.15, -0.1) is 0 Å². The first-order valence-electron chi connectivity index (χ1n) is 6.53. The van der Waals surface area contributed by atoms with Crippen LogP contribution in [0.25, 0.3) is 0 Å². The standard InChI is InChI=1S/C13H21N3O2/c1-9-13(14)10(2)16(15-9)7-12(17)18-8-11-5-3-4-6-11/h11H,3-8,14H2,1-2H3. The molecule has 1 heterocycles. The van der Waals surface area contributed by atoms with Crippen molar-refractivity contribution in [1.82, 2.24) is 9.78 Å². The molecule has 100 valence electrons. The number of aromatic nitrogens is 2. The van der Waals surface area contributed by atoms with Gasteiger partial charge in [0.2, 0.25) is 0 Å². The molecule has 1 aliphatic rings. The van der Waals surface area contributed by atoms with E-state index in [2.05, 4.69) is 5.10 Å². The summed E-state index contributed by atoms with van der Waals surface area (Å²) in [5.74, 6) is 0.326. The van der Waals surface area contributed by atoms with Gasteiger partial charge in [-0.05, 0) is 32.6 Å². The number of nitrogens with zero attached hydrogens (tertiary/aromatic N) is 2. The average molecular weight is 251 g/mol. The van der Waals surface area contributed by atoms with E-state index in [-0.39, 0.29) is 12.5 Å². The van der Waals surface area contributed by atoms with Crippen molar-refractivity contribution < 1.29 is 9.53 Å². The van der Waals surface area contributed by atoms with E-state index in [0.29, 0.717) is 18.2 Å². The molecule has 1 aromatic rings. The molecular weight excluding hydrogens is 230 g/mol. The van der Waals surface area contributed by atoms with Gasteiger partial charge in [-0.2, -0.15) is 5.10 Å². The summed E-state index contributed by atoms with van der Waals surface area (Å²) in [6, 6.07) is 0. The van der Waals surface area contributed by atoms with E-state index in [0.717, 1.165) is 11.4 Å². The monoisotopic (exact) mass is 251 g/mol. The summed E-state index contributed by atoms with van der Waals surface area (Å²) in [6.45, 7) is 4.40. The quantitative estimate of drug-likeness (QED) is 0.829. The van der Waals surface area contributed by atoms with Gasteiger partial charge in [0.15, 0.2) is 0 Å². The number of nitrogen functional groups attached to an aromatic ring is 1. The fourth-order valence-corrected chi connectivity index (χ4v) is 2.42.